The molecule has 0 aliphatic rings. The molecule has 0 saturated heterocycles. The van der Waals surface area contributed by atoms with Crippen molar-refractivity contribution in [3.05, 3.63) is 41.6 Å². The number of nitrogens with zero attached hydrogens (tertiary/aromatic N) is 3. The van der Waals surface area contributed by atoms with E-state index < -0.39 is 0 Å². The second kappa shape index (κ2) is 8.11. The normalized spacial score (nSPS) is 10.4. The van der Waals surface area contributed by atoms with Crippen molar-refractivity contribution in [1.29, 1.82) is 0 Å². The van der Waals surface area contributed by atoms with E-state index in [0.717, 1.165) is 12.2 Å². The van der Waals surface area contributed by atoms with Crippen LogP contribution in [0.5, 0.6) is 5.75 Å². The lowest BCUT2D eigenvalue weighted by molar-refractivity contribution is 0.415. The molecule has 0 bridgehead atoms. The van der Waals surface area contributed by atoms with E-state index in [1.165, 1.54) is 0 Å². The van der Waals surface area contributed by atoms with Crippen LogP contribution in [-0.4, -0.2) is 33.7 Å². The fraction of sp³-hybridized carbons (Fsp3) is 0.176. The molecule has 0 spiro atoms. The van der Waals surface area contributed by atoms with Crippen molar-refractivity contribution < 1.29 is 4.74 Å². The third kappa shape index (κ3) is 4.27. The van der Waals surface area contributed by atoms with Crippen molar-refractivity contribution in [3.63, 3.8) is 0 Å². The Morgan fingerprint density at radius 2 is 2.00 bits per heavy atom. The summed E-state index contributed by atoms with van der Waals surface area (Å²) in [4.78, 5) is 13.3. The summed E-state index contributed by atoms with van der Waals surface area (Å²) < 4.78 is 5.15. The number of thiocarbonyl (C=S) groups is 1. The number of hydrogen-bond acceptors (Lipinski definition) is 6. The van der Waals surface area contributed by atoms with Crippen LogP contribution >= 0.6 is 23.8 Å². The Bertz CT molecular complexity index is 952. The fourth-order valence-electron chi connectivity index (χ4n) is 2.24. The van der Waals surface area contributed by atoms with Crippen molar-refractivity contribution in [3.8, 4) is 5.75 Å². The van der Waals surface area contributed by atoms with Gasteiger partial charge < -0.3 is 20.7 Å². The highest BCUT2D eigenvalue weighted by Gasteiger charge is 2.06. The SMILES string of the molecule is CCNC(=S)Nc1cnc2ccc(Nc3ccc(OC)c(Cl)c3)nc2n1. The number of rotatable bonds is 5. The van der Waals surface area contributed by atoms with Gasteiger partial charge in [-0.1, -0.05) is 11.6 Å². The van der Waals surface area contributed by atoms with E-state index >= 15 is 0 Å². The molecule has 2 heterocycles. The van der Waals surface area contributed by atoms with Crippen LogP contribution in [0.3, 0.4) is 0 Å². The third-order valence-electron chi connectivity index (χ3n) is 3.41. The number of methoxy groups -OCH3 is 1. The second-order valence-corrected chi connectivity index (χ2v) is 6.07. The zero-order chi connectivity index (χ0) is 18.5. The first-order valence-electron chi connectivity index (χ1n) is 7.88. The number of fused-ring (bicyclic) bond motifs is 1. The molecule has 3 aromatic rings. The van der Waals surface area contributed by atoms with Crippen LogP contribution in [0.25, 0.3) is 11.2 Å². The van der Waals surface area contributed by atoms with Crippen molar-refractivity contribution in [1.82, 2.24) is 20.3 Å². The van der Waals surface area contributed by atoms with Gasteiger partial charge in [0.05, 0.1) is 18.3 Å². The van der Waals surface area contributed by atoms with Gasteiger partial charge >= 0.3 is 0 Å². The zero-order valence-corrected chi connectivity index (χ0v) is 15.8. The lowest BCUT2D eigenvalue weighted by Gasteiger charge is -2.10. The second-order valence-electron chi connectivity index (χ2n) is 5.25. The minimum atomic E-state index is 0.489. The van der Waals surface area contributed by atoms with Crippen molar-refractivity contribution in [2.75, 3.05) is 24.3 Å². The molecular formula is C17H17ClN6OS. The minimum Gasteiger partial charge on any atom is -0.495 e. The lowest BCUT2D eigenvalue weighted by Crippen LogP contribution is -2.28. The summed E-state index contributed by atoms with van der Waals surface area (Å²) in [5.41, 5.74) is 1.97. The molecule has 26 heavy (non-hydrogen) atoms. The Labute approximate surface area is 161 Å². The number of aromatic nitrogens is 3. The highest BCUT2D eigenvalue weighted by Crippen LogP contribution is 2.28. The van der Waals surface area contributed by atoms with Crippen LogP contribution < -0.4 is 20.7 Å². The van der Waals surface area contributed by atoms with E-state index in [1.807, 2.05) is 25.1 Å². The first-order valence-corrected chi connectivity index (χ1v) is 8.67. The lowest BCUT2D eigenvalue weighted by atomic mass is 10.3. The van der Waals surface area contributed by atoms with Crippen LogP contribution in [0.4, 0.5) is 17.3 Å². The van der Waals surface area contributed by atoms with Crippen LogP contribution in [0.1, 0.15) is 6.92 Å². The number of halogens is 1. The van der Waals surface area contributed by atoms with Crippen LogP contribution in [0, 0.1) is 0 Å². The van der Waals surface area contributed by atoms with E-state index in [1.54, 1.807) is 25.4 Å². The number of anilines is 3. The third-order valence-corrected chi connectivity index (χ3v) is 3.95. The van der Waals surface area contributed by atoms with Gasteiger partial charge in [0, 0.05) is 12.2 Å². The monoisotopic (exact) mass is 388 g/mol. The molecular weight excluding hydrogens is 372 g/mol. The summed E-state index contributed by atoms with van der Waals surface area (Å²) in [5.74, 6) is 1.77. The fourth-order valence-corrected chi connectivity index (χ4v) is 2.75. The predicted octanol–water partition coefficient (Wildman–Crippen LogP) is 3.74. The Morgan fingerprint density at radius 3 is 2.73 bits per heavy atom. The van der Waals surface area contributed by atoms with Gasteiger partial charge in [-0.25, -0.2) is 15.0 Å². The molecule has 9 heteroatoms. The smallest absolute Gasteiger partial charge is 0.182 e. The van der Waals surface area contributed by atoms with Crippen LogP contribution in [0.2, 0.25) is 5.02 Å². The number of pyridine rings is 1. The maximum absolute atomic E-state index is 6.15. The minimum absolute atomic E-state index is 0.489. The largest absolute Gasteiger partial charge is 0.495 e. The molecule has 0 saturated carbocycles. The van der Waals surface area contributed by atoms with Gasteiger partial charge in [0.15, 0.2) is 16.6 Å². The number of benzene rings is 1. The Hall–Kier alpha value is -2.71. The molecule has 0 aliphatic heterocycles. The molecule has 0 aliphatic carbocycles. The summed E-state index contributed by atoms with van der Waals surface area (Å²) in [6.45, 7) is 2.69. The van der Waals surface area contributed by atoms with Crippen molar-refractivity contribution >= 4 is 57.4 Å². The summed E-state index contributed by atoms with van der Waals surface area (Å²) in [6, 6.07) is 9.08. The molecule has 0 radical (unpaired) electrons. The summed E-state index contributed by atoms with van der Waals surface area (Å²) >= 11 is 11.3. The molecule has 1 aromatic carbocycles. The van der Waals surface area contributed by atoms with E-state index in [2.05, 4.69) is 30.9 Å². The maximum Gasteiger partial charge on any atom is 0.182 e. The molecule has 2 aromatic heterocycles. The van der Waals surface area contributed by atoms with Gasteiger partial charge in [-0.05, 0) is 49.5 Å². The quantitative estimate of drug-likeness (QED) is 0.570. The summed E-state index contributed by atoms with van der Waals surface area (Å²) in [7, 11) is 1.57. The van der Waals surface area contributed by atoms with Gasteiger partial charge in [0.1, 0.15) is 17.1 Å². The van der Waals surface area contributed by atoms with E-state index in [-0.39, 0.29) is 0 Å². The van der Waals surface area contributed by atoms with Gasteiger partial charge in [0.2, 0.25) is 0 Å². The van der Waals surface area contributed by atoms with Crippen molar-refractivity contribution in [2.24, 2.45) is 0 Å². The number of nitrogens with one attached hydrogen (secondary N) is 3. The van der Waals surface area contributed by atoms with Crippen molar-refractivity contribution in [2.45, 2.75) is 6.92 Å². The van der Waals surface area contributed by atoms with Gasteiger partial charge in [-0.3, -0.25) is 0 Å². The van der Waals surface area contributed by atoms with E-state index in [0.29, 0.717) is 38.7 Å². The van der Waals surface area contributed by atoms with E-state index in [4.69, 9.17) is 28.6 Å². The number of ether oxygens (including phenoxy) is 1. The Morgan fingerprint density at radius 1 is 1.19 bits per heavy atom. The molecule has 7 nitrogen and oxygen atoms in total. The maximum atomic E-state index is 6.15. The Balaban J connectivity index is 1.83. The zero-order valence-electron chi connectivity index (χ0n) is 14.2. The summed E-state index contributed by atoms with van der Waals surface area (Å²) in [6.07, 6.45) is 1.62. The van der Waals surface area contributed by atoms with Gasteiger partial charge in [-0.15, -0.1) is 0 Å². The molecule has 0 fully saturated rings. The average molecular weight is 389 g/mol. The Kier molecular flexibility index (Phi) is 5.65. The molecule has 134 valence electrons. The number of hydrogen-bond donors (Lipinski definition) is 3. The van der Waals surface area contributed by atoms with Gasteiger partial charge in [0.25, 0.3) is 0 Å². The van der Waals surface area contributed by atoms with Gasteiger partial charge in [-0.2, -0.15) is 0 Å². The highest BCUT2D eigenvalue weighted by atomic mass is 35.5. The molecule has 3 rings (SSSR count). The topological polar surface area (TPSA) is 84.0 Å². The van der Waals surface area contributed by atoms with Crippen LogP contribution in [-0.2, 0) is 0 Å². The first kappa shape index (κ1) is 18.1. The standard InChI is InChI=1S/C17H17ClN6OS/c1-3-19-17(26)24-15-9-20-12-5-7-14(22-16(12)23-15)21-10-4-6-13(25-2)11(18)8-10/h4-9H,3H2,1-2H3,(H3,19,21,22,23,24,26). The summed E-state index contributed by atoms with van der Waals surface area (Å²) in [5, 5.41) is 10.2. The molecule has 0 atom stereocenters. The van der Waals surface area contributed by atoms with Crippen LogP contribution in [0.15, 0.2) is 36.5 Å². The molecule has 0 unspecified atom stereocenters. The molecule has 3 N–H and O–H groups in total. The average Bonchev–Trinajstić information content (AvgIpc) is 2.62. The first-order chi connectivity index (χ1) is 12.6. The van der Waals surface area contributed by atoms with E-state index in [9.17, 15) is 0 Å². The predicted molar refractivity (Wildman–Crippen MR) is 109 cm³/mol. The highest BCUT2D eigenvalue weighted by molar-refractivity contribution is 7.80. The molecule has 0 amide bonds.